The Balaban J connectivity index is 1.61. The van der Waals surface area contributed by atoms with Crippen LogP contribution in [-0.4, -0.2) is 15.7 Å². The molecule has 0 aliphatic carbocycles. The molecular weight excluding hydrogens is 341 g/mol. The molecule has 0 saturated carbocycles. The molecule has 0 aliphatic rings. The Morgan fingerprint density at radius 3 is 2.80 bits per heavy atom. The second-order valence-electron chi connectivity index (χ2n) is 5.40. The van der Waals surface area contributed by atoms with Crippen LogP contribution in [0.4, 0.5) is 10.1 Å². The van der Waals surface area contributed by atoms with Crippen LogP contribution >= 0.6 is 11.6 Å². The van der Waals surface area contributed by atoms with Gasteiger partial charge in [-0.15, -0.1) is 0 Å². The molecule has 0 spiro atoms. The van der Waals surface area contributed by atoms with Gasteiger partial charge in [-0.25, -0.2) is 4.39 Å². The van der Waals surface area contributed by atoms with Crippen LogP contribution in [-0.2, 0) is 11.3 Å². The fourth-order valence-electron chi connectivity index (χ4n) is 2.26. The van der Waals surface area contributed by atoms with E-state index in [4.69, 9.17) is 11.6 Å². The molecule has 1 aromatic heterocycles. The molecule has 0 bridgehead atoms. The van der Waals surface area contributed by atoms with Crippen LogP contribution in [0.5, 0.6) is 0 Å². The predicted molar refractivity (Wildman–Crippen MR) is 96.8 cm³/mol. The molecule has 3 rings (SSSR count). The van der Waals surface area contributed by atoms with Gasteiger partial charge < -0.3 is 5.32 Å². The lowest BCUT2D eigenvalue weighted by Gasteiger charge is -2.03. The minimum Gasteiger partial charge on any atom is -0.320 e. The molecule has 0 saturated heterocycles. The average molecular weight is 356 g/mol. The van der Waals surface area contributed by atoms with Gasteiger partial charge in [-0.1, -0.05) is 41.9 Å². The van der Waals surface area contributed by atoms with Gasteiger partial charge in [-0.05, 0) is 29.8 Å². The lowest BCUT2D eigenvalue weighted by molar-refractivity contribution is -0.111. The Kier molecular flexibility index (Phi) is 5.26. The molecule has 6 heteroatoms. The van der Waals surface area contributed by atoms with E-state index in [-0.39, 0.29) is 10.7 Å². The summed E-state index contributed by atoms with van der Waals surface area (Å²) in [5, 5.41) is 7.00. The van der Waals surface area contributed by atoms with E-state index in [0.29, 0.717) is 6.54 Å². The highest BCUT2D eigenvalue weighted by atomic mass is 35.5. The Morgan fingerprint density at radius 2 is 2.04 bits per heavy atom. The highest BCUT2D eigenvalue weighted by molar-refractivity contribution is 6.30. The van der Waals surface area contributed by atoms with Gasteiger partial charge in [0.2, 0.25) is 5.91 Å². The minimum atomic E-state index is -0.579. The average Bonchev–Trinajstić information content (AvgIpc) is 3.04. The molecule has 3 aromatic rings. The SMILES string of the molecule is O=C(/C=C/c1cnn(Cc2ccccc2)c1)Nc1ccc(Cl)cc1F. The van der Waals surface area contributed by atoms with Crippen LogP contribution in [0.2, 0.25) is 5.02 Å². The number of amides is 1. The highest BCUT2D eigenvalue weighted by Gasteiger charge is 2.05. The molecule has 1 amide bonds. The van der Waals surface area contributed by atoms with Crippen molar-refractivity contribution in [3.63, 3.8) is 0 Å². The number of hydrogen-bond acceptors (Lipinski definition) is 2. The monoisotopic (exact) mass is 355 g/mol. The van der Waals surface area contributed by atoms with Gasteiger partial charge in [-0.3, -0.25) is 9.48 Å². The summed E-state index contributed by atoms with van der Waals surface area (Å²) < 4.78 is 15.4. The summed E-state index contributed by atoms with van der Waals surface area (Å²) in [4.78, 5) is 11.9. The quantitative estimate of drug-likeness (QED) is 0.690. The lowest BCUT2D eigenvalue weighted by Crippen LogP contribution is -2.09. The summed E-state index contributed by atoms with van der Waals surface area (Å²) in [6, 6.07) is 14.0. The van der Waals surface area contributed by atoms with Crippen molar-refractivity contribution < 1.29 is 9.18 Å². The molecule has 25 heavy (non-hydrogen) atoms. The summed E-state index contributed by atoms with van der Waals surface area (Å²) in [5.74, 6) is -1.01. The zero-order chi connectivity index (χ0) is 17.6. The van der Waals surface area contributed by atoms with Crippen molar-refractivity contribution in [2.45, 2.75) is 6.54 Å². The van der Waals surface area contributed by atoms with Crippen molar-refractivity contribution in [3.05, 3.63) is 89.0 Å². The Hall–Kier alpha value is -2.92. The van der Waals surface area contributed by atoms with E-state index >= 15 is 0 Å². The summed E-state index contributed by atoms with van der Waals surface area (Å²) in [5.41, 5.74) is 2.00. The fourth-order valence-corrected chi connectivity index (χ4v) is 2.42. The minimum absolute atomic E-state index is 0.0822. The maximum Gasteiger partial charge on any atom is 0.248 e. The van der Waals surface area contributed by atoms with Gasteiger partial charge in [0.25, 0.3) is 0 Å². The van der Waals surface area contributed by atoms with E-state index in [0.717, 1.165) is 17.2 Å². The van der Waals surface area contributed by atoms with Crippen molar-refractivity contribution in [2.24, 2.45) is 0 Å². The smallest absolute Gasteiger partial charge is 0.248 e. The molecule has 126 valence electrons. The maximum absolute atomic E-state index is 13.6. The standard InChI is InChI=1S/C19H15ClFN3O/c20-16-7-8-18(17(21)10-16)23-19(25)9-6-15-11-22-24(13-15)12-14-4-2-1-3-5-14/h1-11,13H,12H2,(H,23,25)/b9-6+. The van der Waals surface area contributed by atoms with Gasteiger partial charge in [-0.2, -0.15) is 5.10 Å². The first-order chi connectivity index (χ1) is 12.1. The molecule has 2 aromatic carbocycles. The van der Waals surface area contributed by atoms with E-state index in [1.807, 2.05) is 36.5 Å². The molecule has 0 fully saturated rings. The number of carbonyl (C=O) groups is 1. The van der Waals surface area contributed by atoms with Crippen molar-refractivity contribution in [1.29, 1.82) is 0 Å². The predicted octanol–water partition coefficient (Wildman–Crippen LogP) is 4.38. The number of rotatable bonds is 5. The van der Waals surface area contributed by atoms with E-state index in [1.54, 1.807) is 17.0 Å². The molecule has 0 aliphatic heterocycles. The second-order valence-corrected chi connectivity index (χ2v) is 5.84. The fraction of sp³-hybridized carbons (Fsp3) is 0.0526. The summed E-state index contributed by atoms with van der Waals surface area (Å²) >= 11 is 5.68. The Labute approximate surface area is 149 Å². The van der Waals surface area contributed by atoms with Crippen LogP contribution in [0.3, 0.4) is 0 Å². The molecule has 0 radical (unpaired) electrons. The summed E-state index contributed by atoms with van der Waals surface area (Å²) in [6.07, 6.45) is 6.45. The van der Waals surface area contributed by atoms with Crippen molar-refractivity contribution in [1.82, 2.24) is 9.78 Å². The lowest BCUT2D eigenvalue weighted by atomic mass is 10.2. The molecule has 4 nitrogen and oxygen atoms in total. The number of nitrogens with one attached hydrogen (secondary N) is 1. The van der Waals surface area contributed by atoms with E-state index < -0.39 is 11.7 Å². The number of benzene rings is 2. The van der Waals surface area contributed by atoms with Gasteiger partial charge in [0, 0.05) is 22.9 Å². The van der Waals surface area contributed by atoms with E-state index in [1.165, 1.54) is 18.2 Å². The number of anilines is 1. The number of carbonyl (C=O) groups excluding carboxylic acids is 1. The first kappa shape index (κ1) is 16.9. The molecule has 1 heterocycles. The number of halogens is 2. The largest absolute Gasteiger partial charge is 0.320 e. The van der Waals surface area contributed by atoms with Crippen LogP contribution in [0.1, 0.15) is 11.1 Å². The summed E-state index contributed by atoms with van der Waals surface area (Å²) in [7, 11) is 0. The number of aromatic nitrogens is 2. The van der Waals surface area contributed by atoms with Gasteiger partial charge in [0.15, 0.2) is 0 Å². The van der Waals surface area contributed by atoms with Gasteiger partial charge in [0.1, 0.15) is 5.82 Å². The van der Waals surface area contributed by atoms with Crippen molar-refractivity contribution >= 4 is 29.3 Å². The third-order valence-electron chi connectivity index (χ3n) is 3.46. The van der Waals surface area contributed by atoms with E-state index in [2.05, 4.69) is 10.4 Å². The Morgan fingerprint density at radius 1 is 1.24 bits per heavy atom. The zero-order valence-corrected chi connectivity index (χ0v) is 13.9. The third kappa shape index (κ3) is 4.78. The maximum atomic E-state index is 13.6. The first-order valence-electron chi connectivity index (χ1n) is 7.61. The van der Waals surface area contributed by atoms with E-state index in [9.17, 15) is 9.18 Å². The van der Waals surface area contributed by atoms with Crippen molar-refractivity contribution in [3.8, 4) is 0 Å². The first-order valence-corrected chi connectivity index (χ1v) is 7.98. The molecule has 1 N–H and O–H groups in total. The normalized spacial score (nSPS) is 11.0. The Bertz CT molecular complexity index is 906. The number of nitrogens with zero attached hydrogens (tertiary/aromatic N) is 2. The van der Waals surface area contributed by atoms with Crippen LogP contribution in [0.15, 0.2) is 67.0 Å². The van der Waals surface area contributed by atoms with Gasteiger partial charge >= 0.3 is 0 Å². The van der Waals surface area contributed by atoms with Crippen LogP contribution in [0, 0.1) is 5.82 Å². The third-order valence-corrected chi connectivity index (χ3v) is 3.69. The topological polar surface area (TPSA) is 46.9 Å². The van der Waals surface area contributed by atoms with Crippen LogP contribution < -0.4 is 5.32 Å². The zero-order valence-electron chi connectivity index (χ0n) is 13.2. The van der Waals surface area contributed by atoms with Crippen LogP contribution in [0.25, 0.3) is 6.08 Å². The molecule has 0 unspecified atom stereocenters. The number of hydrogen-bond donors (Lipinski definition) is 1. The molecule has 0 atom stereocenters. The summed E-state index contributed by atoms with van der Waals surface area (Å²) in [6.45, 7) is 0.650. The second kappa shape index (κ2) is 7.77. The molecular formula is C19H15ClFN3O. The van der Waals surface area contributed by atoms with Gasteiger partial charge in [0.05, 0.1) is 18.4 Å². The highest BCUT2D eigenvalue weighted by Crippen LogP contribution is 2.18. The van der Waals surface area contributed by atoms with Crippen molar-refractivity contribution in [2.75, 3.05) is 5.32 Å².